The number of carbonyl (C=O) groups is 1. The predicted molar refractivity (Wildman–Crippen MR) is 126 cm³/mol. The molecule has 2 aromatic heterocycles. The predicted octanol–water partition coefficient (Wildman–Crippen LogP) is 5.13. The fourth-order valence-electron chi connectivity index (χ4n) is 3.98. The molecule has 0 bridgehead atoms. The number of alkyl carbamates (subject to hydrolysis) is 1. The highest BCUT2D eigenvalue weighted by Gasteiger charge is 2.21. The van der Waals surface area contributed by atoms with E-state index in [0.717, 1.165) is 36.9 Å². The first-order chi connectivity index (χ1) is 15.7. The van der Waals surface area contributed by atoms with E-state index in [-0.39, 0.29) is 17.9 Å². The Morgan fingerprint density at radius 3 is 2.76 bits per heavy atom. The largest absolute Gasteiger partial charge is 0.506 e. The summed E-state index contributed by atoms with van der Waals surface area (Å²) in [4.78, 5) is 16.5. The number of fused-ring (bicyclic) bond motifs is 1. The Bertz CT molecular complexity index is 1110. The van der Waals surface area contributed by atoms with Gasteiger partial charge in [0, 0.05) is 30.8 Å². The minimum atomic E-state index is -0.528. The molecule has 3 aromatic rings. The standard InChI is InChI=1S/C25H32N4O4/c1-16(13-27-24(31)33-25(2,3)4)17-8-10-20(26-14-17)18-9-11-21-19(23(18)30)15-28-29(21)22-7-5-6-12-32-22/h8-11,14-16,22,30H,5-7,12-13H2,1-4H3,(H,27,31). The van der Waals surface area contributed by atoms with E-state index < -0.39 is 11.7 Å². The van der Waals surface area contributed by atoms with E-state index in [2.05, 4.69) is 15.4 Å². The maximum Gasteiger partial charge on any atom is 0.407 e. The molecule has 1 aliphatic heterocycles. The number of amides is 1. The zero-order valence-corrected chi connectivity index (χ0v) is 19.7. The molecule has 2 unspecified atom stereocenters. The van der Waals surface area contributed by atoms with Crippen molar-refractivity contribution in [1.29, 1.82) is 0 Å². The summed E-state index contributed by atoms with van der Waals surface area (Å²) >= 11 is 0. The lowest BCUT2D eigenvalue weighted by Gasteiger charge is -2.23. The summed E-state index contributed by atoms with van der Waals surface area (Å²) in [5, 5.41) is 18.9. The van der Waals surface area contributed by atoms with Gasteiger partial charge in [0.25, 0.3) is 0 Å². The Hall–Kier alpha value is -3.13. The molecular weight excluding hydrogens is 420 g/mol. The molecule has 1 aliphatic rings. The average Bonchev–Trinajstić information content (AvgIpc) is 3.22. The van der Waals surface area contributed by atoms with Crippen molar-refractivity contribution in [3.8, 4) is 17.0 Å². The molecule has 0 aliphatic carbocycles. The number of rotatable bonds is 5. The fourth-order valence-corrected chi connectivity index (χ4v) is 3.98. The van der Waals surface area contributed by atoms with Gasteiger partial charge in [-0.05, 0) is 63.8 Å². The lowest BCUT2D eigenvalue weighted by atomic mass is 10.0. The second kappa shape index (κ2) is 9.39. The van der Waals surface area contributed by atoms with Crippen LogP contribution < -0.4 is 5.32 Å². The van der Waals surface area contributed by atoms with Gasteiger partial charge in [0.15, 0.2) is 6.23 Å². The van der Waals surface area contributed by atoms with Crippen LogP contribution in [0.5, 0.6) is 5.75 Å². The van der Waals surface area contributed by atoms with E-state index in [1.807, 2.05) is 56.6 Å². The van der Waals surface area contributed by atoms with E-state index in [1.165, 1.54) is 0 Å². The fraction of sp³-hybridized carbons (Fsp3) is 0.480. The number of pyridine rings is 1. The third-order valence-corrected chi connectivity index (χ3v) is 5.76. The molecule has 8 nitrogen and oxygen atoms in total. The number of aromatic nitrogens is 3. The van der Waals surface area contributed by atoms with Crippen molar-refractivity contribution in [2.24, 2.45) is 0 Å². The van der Waals surface area contributed by atoms with E-state index in [0.29, 0.717) is 23.2 Å². The van der Waals surface area contributed by atoms with Gasteiger partial charge in [0.05, 0.1) is 22.8 Å². The van der Waals surface area contributed by atoms with Gasteiger partial charge in [-0.15, -0.1) is 0 Å². The summed E-state index contributed by atoms with van der Waals surface area (Å²) in [6.07, 6.45) is 6.04. The van der Waals surface area contributed by atoms with Crippen LogP contribution in [0.3, 0.4) is 0 Å². The number of carbonyl (C=O) groups excluding carboxylic acids is 1. The van der Waals surface area contributed by atoms with Crippen molar-refractivity contribution in [3.63, 3.8) is 0 Å². The Kier molecular flexibility index (Phi) is 6.56. The molecule has 2 N–H and O–H groups in total. The minimum absolute atomic E-state index is 0.0591. The summed E-state index contributed by atoms with van der Waals surface area (Å²) in [5.41, 5.74) is 2.63. The first-order valence-electron chi connectivity index (χ1n) is 11.5. The number of hydrogen-bond acceptors (Lipinski definition) is 6. The number of phenolic OH excluding ortho intramolecular Hbond substituents is 1. The zero-order chi connectivity index (χ0) is 23.6. The summed E-state index contributed by atoms with van der Waals surface area (Å²) in [6.45, 7) is 8.69. The van der Waals surface area contributed by atoms with Crippen LogP contribution in [0.1, 0.15) is 64.7 Å². The third kappa shape index (κ3) is 5.27. The van der Waals surface area contributed by atoms with Crippen LogP contribution in [-0.2, 0) is 9.47 Å². The van der Waals surface area contributed by atoms with Crippen LogP contribution >= 0.6 is 0 Å². The van der Waals surface area contributed by atoms with Gasteiger partial charge in [0.1, 0.15) is 11.4 Å². The number of phenols is 1. The highest BCUT2D eigenvalue weighted by molar-refractivity contribution is 5.92. The molecule has 0 saturated carbocycles. The van der Waals surface area contributed by atoms with E-state index in [4.69, 9.17) is 9.47 Å². The SMILES string of the molecule is CC(CNC(=O)OC(C)(C)C)c1ccc(-c2ccc3c(cnn3C3CCCCO3)c2O)nc1. The summed E-state index contributed by atoms with van der Waals surface area (Å²) < 4.78 is 13.0. The van der Waals surface area contributed by atoms with Crippen LogP contribution in [0.2, 0.25) is 0 Å². The first-order valence-corrected chi connectivity index (χ1v) is 11.5. The van der Waals surface area contributed by atoms with Crippen LogP contribution in [0.25, 0.3) is 22.2 Å². The number of ether oxygens (including phenoxy) is 2. The van der Waals surface area contributed by atoms with E-state index in [9.17, 15) is 9.90 Å². The molecule has 176 valence electrons. The minimum Gasteiger partial charge on any atom is -0.506 e. The van der Waals surface area contributed by atoms with Crippen LogP contribution in [-0.4, -0.2) is 44.7 Å². The third-order valence-electron chi connectivity index (χ3n) is 5.76. The quantitative estimate of drug-likeness (QED) is 0.557. The second-order valence-electron chi connectivity index (χ2n) is 9.57. The number of hydrogen-bond donors (Lipinski definition) is 2. The van der Waals surface area contributed by atoms with Gasteiger partial charge >= 0.3 is 6.09 Å². The normalized spacial score (nSPS) is 17.6. The van der Waals surface area contributed by atoms with Gasteiger partial charge < -0.3 is 19.9 Å². The molecule has 4 rings (SSSR count). The summed E-state index contributed by atoms with van der Waals surface area (Å²) in [5.74, 6) is 0.221. The van der Waals surface area contributed by atoms with Crippen molar-refractivity contribution in [2.75, 3.05) is 13.2 Å². The van der Waals surface area contributed by atoms with E-state index >= 15 is 0 Å². The van der Waals surface area contributed by atoms with Gasteiger partial charge in [-0.25, -0.2) is 9.48 Å². The van der Waals surface area contributed by atoms with Crippen molar-refractivity contribution in [2.45, 2.75) is 64.7 Å². The number of aromatic hydroxyl groups is 1. The molecule has 1 saturated heterocycles. The Balaban J connectivity index is 1.47. The second-order valence-corrected chi connectivity index (χ2v) is 9.57. The maximum absolute atomic E-state index is 11.9. The van der Waals surface area contributed by atoms with Crippen LogP contribution in [0.15, 0.2) is 36.7 Å². The number of nitrogens with one attached hydrogen (secondary N) is 1. The van der Waals surface area contributed by atoms with Crippen molar-refractivity contribution in [3.05, 3.63) is 42.2 Å². The lowest BCUT2D eigenvalue weighted by molar-refractivity contribution is -0.0366. The molecule has 1 fully saturated rings. The molecule has 0 spiro atoms. The van der Waals surface area contributed by atoms with Gasteiger partial charge in [-0.3, -0.25) is 4.98 Å². The summed E-state index contributed by atoms with van der Waals surface area (Å²) in [7, 11) is 0. The average molecular weight is 453 g/mol. The Morgan fingerprint density at radius 1 is 1.27 bits per heavy atom. The molecule has 1 aromatic carbocycles. The lowest BCUT2D eigenvalue weighted by Crippen LogP contribution is -2.34. The number of benzene rings is 1. The first kappa shape index (κ1) is 23.0. The maximum atomic E-state index is 11.9. The molecule has 0 radical (unpaired) electrons. The van der Waals surface area contributed by atoms with Crippen LogP contribution in [0, 0.1) is 0 Å². The number of nitrogens with zero attached hydrogens (tertiary/aromatic N) is 3. The highest BCUT2D eigenvalue weighted by atomic mass is 16.6. The smallest absolute Gasteiger partial charge is 0.407 e. The van der Waals surface area contributed by atoms with Gasteiger partial charge in [0.2, 0.25) is 0 Å². The van der Waals surface area contributed by atoms with Crippen molar-refractivity contribution >= 4 is 17.0 Å². The van der Waals surface area contributed by atoms with Crippen molar-refractivity contribution < 1.29 is 19.4 Å². The van der Waals surface area contributed by atoms with Crippen LogP contribution in [0.4, 0.5) is 4.79 Å². The van der Waals surface area contributed by atoms with Gasteiger partial charge in [-0.1, -0.05) is 13.0 Å². The molecule has 2 atom stereocenters. The monoisotopic (exact) mass is 452 g/mol. The summed E-state index contributed by atoms with van der Waals surface area (Å²) in [6, 6.07) is 7.67. The Morgan fingerprint density at radius 2 is 2.09 bits per heavy atom. The molecule has 8 heteroatoms. The zero-order valence-electron chi connectivity index (χ0n) is 19.7. The molecule has 1 amide bonds. The van der Waals surface area contributed by atoms with Crippen molar-refractivity contribution in [1.82, 2.24) is 20.1 Å². The highest BCUT2D eigenvalue weighted by Crippen LogP contribution is 2.37. The Labute approximate surface area is 193 Å². The van der Waals surface area contributed by atoms with E-state index in [1.54, 1.807) is 12.4 Å². The topological polar surface area (TPSA) is 98.5 Å². The molecule has 3 heterocycles. The molecular formula is C25H32N4O4. The molecule has 33 heavy (non-hydrogen) atoms. The van der Waals surface area contributed by atoms with Gasteiger partial charge in [-0.2, -0.15) is 5.10 Å².